The molecule has 1 amide bonds. The summed E-state index contributed by atoms with van der Waals surface area (Å²) in [5.74, 6) is -0.857. The van der Waals surface area contributed by atoms with Crippen LogP contribution in [0.5, 0.6) is 0 Å². The van der Waals surface area contributed by atoms with E-state index in [1.54, 1.807) is 11.5 Å². The summed E-state index contributed by atoms with van der Waals surface area (Å²) in [4.78, 5) is 27.0. The predicted molar refractivity (Wildman–Crippen MR) is 72.2 cm³/mol. The maximum atomic E-state index is 11.6. The van der Waals surface area contributed by atoms with Gasteiger partial charge in [0.25, 0.3) is 5.91 Å². The van der Waals surface area contributed by atoms with E-state index in [0.717, 1.165) is 12.8 Å². The minimum atomic E-state index is -0.589. The highest BCUT2D eigenvalue weighted by Crippen LogP contribution is 2.18. The van der Waals surface area contributed by atoms with E-state index in [2.05, 4.69) is 22.2 Å². The number of esters is 1. The van der Waals surface area contributed by atoms with Crippen LogP contribution in [0.4, 0.5) is 5.13 Å². The van der Waals surface area contributed by atoms with Gasteiger partial charge in [-0.1, -0.05) is 6.08 Å². The van der Waals surface area contributed by atoms with E-state index in [1.165, 1.54) is 11.3 Å². The molecule has 1 aliphatic rings. The van der Waals surface area contributed by atoms with Gasteiger partial charge in [-0.05, 0) is 12.8 Å². The molecular weight excluding hydrogens is 266 g/mol. The Morgan fingerprint density at radius 2 is 2.37 bits per heavy atom. The third-order valence-electron chi connectivity index (χ3n) is 2.39. The molecule has 19 heavy (non-hydrogen) atoms. The van der Waals surface area contributed by atoms with Crippen molar-refractivity contribution in [2.75, 3.05) is 18.5 Å². The number of hydrogen-bond donors (Lipinski definition) is 2. The zero-order valence-corrected chi connectivity index (χ0v) is 11.2. The van der Waals surface area contributed by atoms with Gasteiger partial charge in [-0.25, -0.2) is 9.78 Å². The first-order valence-corrected chi connectivity index (χ1v) is 6.84. The predicted octanol–water partition coefficient (Wildman–Crippen LogP) is 1.18. The van der Waals surface area contributed by atoms with Crippen LogP contribution in [0, 0.1) is 0 Å². The van der Waals surface area contributed by atoms with Crippen molar-refractivity contribution in [1.29, 1.82) is 0 Å². The summed E-state index contributed by atoms with van der Waals surface area (Å²) < 4.78 is 4.88. The summed E-state index contributed by atoms with van der Waals surface area (Å²) in [5, 5.41) is 7.92. The van der Waals surface area contributed by atoms with E-state index in [9.17, 15) is 9.59 Å². The molecule has 2 rings (SSSR count). The molecule has 6 nitrogen and oxygen atoms in total. The van der Waals surface area contributed by atoms with Crippen molar-refractivity contribution in [2.45, 2.75) is 18.9 Å². The molecule has 2 N–H and O–H groups in total. The van der Waals surface area contributed by atoms with E-state index >= 15 is 0 Å². The number of hydrogen-bond acceptors (Lipinski definition) is 6. The Balaban J connectivity index is 1.76. The number of amides is 1. The van der Waals surface area contributed by atoms with Gasteiger partial charge >= 0.3 is 5.97 Å². The molecule has 0 unspecified atom stereocenters. The lowest BCUT2D eigenvalue weighted by molar-refractivity contribution is -0.124. The van der Waals surface area contributed by atoms with E-state index in [-0.39, 0.29) is 24.2 Å². The fraction of sp³-hybridized carbons (Fsp3) is 0.417. The molecule has 0 atom stereocenters. The van der Waals surface area contributed by atoms with E-state index in [4.69, 9.17) is 4.74 Å². The van der Waals surface area contributed by atoms with E-state index in [0.29, 0.717) is 11.7 Å². The summed E-state index contributed by atoms with van der Waals surface area (Å²) in [6.45, 7) is 3.89. The molecule has 7 heteroatoms. The monoisotopic (exact) mass is 281 g/mol. The molecule has 1 aliphatic carbocycles. The maximum absolute atomic E-state index is 11.6. The van der Waals surface area contributed by atoms with Gasteiger partial charge in [0.1, 0.15) is 0 Å². The molecule has 1 aromatic heterocycles. The van der Waals surface area contributed by atoms with Crippen LogP contribution >= 0.6 is 11.3 Å². The Hall–Kier alpha value is -1.89. The molecule has 1 aromatic rings. The maximum Gasteiger partial charge on any atom is 0.358 e. The molecule has 0 saturated heterocycles. The fourth-order valence-corrected chi connectivity index (χ4v) is 2.00. The van der Waals surface area contributed by atoms with Crippen LogP contribution in [-0.4, -0.2) is 36.1 Å². The van der Waals surface area contributed by atoms with Crippen molar-refractivity contribution in [3.63, 3.8) is 0 Å². The van der Waals surface area contributed by atoms with Gasteiger partial charge in [0.2, 0.25) is 0 Å². The highest BCUT2D eigenvalue weighted by molar-refractivity contribution is 7.13. The number of ether oxygens (including phenoxy) is 1. The van der Waals surface area contributed by atoms with Crippen LogP contribution in [0.2, 0.25) is 0 Å². The summed E-state index contributed by atoms with van der Waals surface area (Å²) in [6.07, 6.45) is 3.70. The number of aromatic nitrogens is 1. The summed E-state index contributed by atoms with van der Waals surface area (Å²) in [7, 11) is 0. The number of carbonyl (C=O) groups is 2. The average molecular weight is 281 g/mol. The van der Waals surface area contributed by atoms with Crippen molar-refractivity contribution in [2.24, 2.45) is 0 Å². The minimum Gasteiger partial charge on any atom is -0.451 e. The van der Waals surface area contributed by atoms with Crippen molar-refractivity contribution >= 4 is 28.3 Å². The van der Waals surface area contributed by atoms with Crippen molar-refractivity contribution < 1.29 is 14.3 Å². The number of thiazole rings is 1. The van der Waals surface area contributed by atoms with E-state index < -0.39 is 5.97 Å². The molecule has 0 aliphatic heterocycles. The summed E-state index contributed by atoms with van der Waals surface area (Å²) in [5.41, 5.74) is 0.204. The third-order valence-corrected chi connectivity index (χ3v) is 3.19. The highest BCUT2D eigenvalue weighted by Gasteiger charge is 2.23. The SMILES string of the molecule is C=CCNc1nc(C(=O)OCC(=O)NC2CC2)cs1. The van der Waals surface area contributed by atoms with Crippen LogP contribution in [0.3, 0.4) is 0 Å². The van der Waals surface area contributed by atoms with Gasteiger partial charge in [0, 0.05) is 18.0 Å². The Kier molecular flexibility index (Phi) is 4.51. The number of rotatable bonds is 7. The molecule has 1 saturated carbocycles. The van der Waals surface area contributed by atoms with Gasteiger partial charge < -0.3 is 15.4 Å². The second-order valence-electron chi connectivity index (χ2n) is 4.13. The topological polar surface area (TPSA) is 80.3 Å². The van der Waals surface area contributed by atoms with Crippen LogP contribution in [-0.2, 0) is 9.53 Å². The lowest BCUT2D eigenvalue weighted by atomic mass is 10.5. The third kappa shape index (κ3) is 4.36. The lowest BCUT2D eigenvalue weighted by Gasteiger charge is -2.03. The minimum absolute atomic E-state index is 0.204. The van der Waals surface area contributed by atoms with Crippen LogP contribution in [0.25, 0.3) is 0 Å². The molecule has 0 radical (unpaired) electrons. The number of carbonyl (C=O) groups excluding carboxylic acids is 2. The molecule has 102 valence electrons. The normalized spacial score (nSPS) is 13.7. The van der Waals surface area contributed by atoms with Crippen LogP contribution in [0.1, 0.15) is 23.3 Å². The molecule has 0 aromatic carbocycles. The second-order valence-corrected chi connectivity index (χ2v) is 4.98. The zero-order chi connectivity index (χ0) is 13.7. The van der Waals surface area contributed by atoms with Gasteiger partial charge in [-0.2, -0.15) is 0 Å². The Morgan fingerprint density at radius 3 is 3.05 bits per heavy atom. The van der Waals surface area contributed by atoms with Crippen molar-refractivity contribution in [3.05, 3.63) is 23.7 Å². The van der Waals surface area contributed by atoms with Crippen LogP contribution in [0.15, 0.2) is 18.0 Å². The highest BCUT2D eigenvalue weighted by atomic mass is 32.1. The zero-order valence-electron chi connectivity index (χ0n) is 10.3. The van der Waals surface area contributed by atoms with E-state index in [1.807, 2.05) is 0 Å². The number of anilines is 1. The Bertz CT molecular complexity index is 482. The fourth-order valence-electron chi connectivity index (χ4n) is 1.31. The standard InChI is InChI=1S/C12H15N3O3S/c1-2-5-13-12-15-9(7-19-12)11(17)18-6-10(16)14-8-3-4-8/h2,7-8H,1,3-6H2,(H,13,15)(H,14,16). The smallest absolute Gasteiger partial charge is 0.358 e. The summed E-state index contributed by atoms with van der Waals surface area (Å²) in [6, 6.07) is 0.264. The Morgan fingerprint density at radius 1 is 1.58 bits per heavy atom. The summed E-state index contributed by atoms with van der Waals surface area (Å²) >= 11 is 1.30. The van der Waals surface area contributed by atoms with Gasteiger partial charge in [-0.15, -0.1) is 17.9 Å². The quantitative estimate of drug-likeness (QED) is 0.579. The van der Waals surface area contributed by atoms with Crippen LogP contribution < -0.4 is 10.6 Å². The molecule has 1 heterocycles. The Labute approximate surface area is 114 Å². The lowest BCUT2D eigenvalue weighted by Crippen LogP contribution is -2.30. The molecule has 1 fully saturated rings. The number of nitrogens with one attached hydrogen (secondary N) is 2. The van der Waals surface area contributed by atoms with Gasteiger partial charge in [0.15, 0.2) is 17.4 Å². The van der Waals surface area contributed by atoms with Gasteiger partial charge in [-0.3, -0.25) is 4.79 Å². The second kappa shape index (κ2) is 6.33. The van der Waals surface area contributed by atoms with Crippen molar-refractivity contribution in [3.8, 4) is 0 Å². The van der Waals surface area contributed by atoms with Crippen molar-refractivity contribution in [1.82, 2.24) is 10.3 Å². The molecule has 0 spiro atoms. The first-order valence-electron chi connectivity index (χ1n) is 5.96. The first kappa shape index (κ1) is 13.5. The molecular formula is C12H15N3O3S. The first-order chi connectivity index (χ1) is 9.19. The number of nitrogens with zero attached hydrogens (tertiary/aromatic N) is 1. The molecule has 0 bridgehead atoms. The van der Waals surface area contributed by atoms with Gasteiger partial charge in [0.05, 0.1) is 0 Å². The largest absolute Gasteiger partial charge is 0.451 e. The average Bonchev–Trinajstić information content (AvgIpc) is 3.08.